The molecule has 1 unspecified atom stereocenters. The number of benzene rings is 4. The Kier molecular flexibility index (Phi) is 20.6. The maximum Gasteiger partial charge on any atom is 0.251 e. The molecule has 4 rings (SSSR count). The minimum absolute atomic E-state index is 0.00102. The SMILES string of the molecule is CCCCCCCCCCCOc1ccc(C(=O)N[C@@H](Cc2ccc(O)cc2)C(=O)N[C@@H](Cc2ccc(O)cc2)C(=O)N[C@@H](Cc2ccc(O)cc2)C(=O)NCC(O)CO)cc1. The van der Waals surface area contributed by atoms with Gasteiger partial charge in [-0.3, -0.25) is 19.2 Å². The topological polar surface area (TPSA) is 227 Å². The Morgan fingerprint density at radius 2 is 0.935 bits per heavy atom. The summed E-state index contributed by atoms with van der Waals surface area (Å²) in [5, 5.41) is 59.5. The Balaban J connectivity index is 1.49. The summed E-state index contributed by atoms with van der Waals surface area (Å²) in [5.41, 5.74) is 2.03. The van der Waals surface area contributed by atoms with Gasteiger partial charge in [0.25, 0.3) is 5.91 Å². The monoisotopic (exact) mass is 854 g/mol. The van der Waals surface area contributed by atoms with Crippen molar-refractivity contribution in [1.82, 2.24) is 21.3 Å². The van der Waals surface area contributed by atoms with Crippen LogP contribution in [0.5, 0.6) is 23.0 Å². The maximum absolute atomic E-state index is 14.2. The van der Waals surface area contributed by atoms with Crippen molar-refractivity contribution in [3.05, 3.63) is 119 Å². The summed E-state index contributed by atoms with van der Waals surface area (Å²) in [6.07, 6.45) is 9.45. The summed E-state index contributed by atoms with van der Waals surface area (Å²) in [4.78, 5) is 55.5. The van der Waals surface area contributed by atoms with Crippen molar-refractivity contribution in [2.45, 2.75) is 108 Å². The highest BCUT2D eigenvalue weighted by molar-refractivity contribution is 5.99. The normalized spacial score (nSPS) is 13.0. The number of aromatic hydroxyl groups is 3. The Labute approximate surface area is 363 Å². The fraction of sp³-hybridized carbons (Fsp3) is 0.417. The van der Waals surface area contributed by atoms with Crippen LogP contribution in [-0.2, 0) is 33.6 Å². The molecule has 0 spiro atoms. The summed E-state index contributed by atoms with van der Waals surface area (Å²) < 4.78 is 5.91. The highest BCUT2D eigenvalue weighted by atomic mass is 16.5. The third kappa shape index (κ3) is 17.5. The molecule has 0 fully saturated rings. The van der Waals surface area contributed by atoms with Crippen LogP contribution in [-0.4, -0.2) is 93.1 Å². The molecule has 334 valence electrons. The van der Waals surface area contributed by atoms with Crippen molar-refractivity contribution >= 4 is 23.6 Å². The van der Waals surface area contributed by atoms with Crippen molar-refractivity contribution in [3.63, 3.8) is 0 Å². The fourth-order valence-corrected chi connectivity index (χ4v) is 6.73. The lowest BCUT2D eigenvalue weighted by Crippen LogP contribution is -2.58. The van der Waals surface area contributed by atoms with Crippen molar-refractivity contribution in [2.24, 2.45) is 0 Å². The molecular weight excluding hydrogens is 793 g/mol. The van der Waals surface area contributed by atoms with Gasteiger partial charge in [-0.2, -0.15) is 0 Å². The lowest BCUT2D eigenvalue weighted by atomic mass is 10.0. The zero-order valence-electron chi connectivity index (χ0n) is 35.4. The minimum Gasteiger partial charge on any atom is -0.508 e. The van der Waals surface area contributed by atoms with Gasteiger partial charge < -0.3 is 51.5 Å². The lowest BCUT2D eigenvalue weighted by Gasteiger charge is -2.26. The molecule has 0 radical (unpaired) electrons. The van der Waals surface area contributed by atoms with Gasteiger partial charge >= 0.3 is 0 Å². The van der Waals surface area contributed by atoms with Gasteiger partial charge in [0.05, 0.1) is 19.3 Å². The first-order chi connectivity index (χ1) is 29.9. The molecule has 0 saturated heterocycles. The minimum atomic E-state index is -1.30. The number of ether oxygens (including phenoxy) is 1. The Bertz CT molecular complexity index is 1960. The Morgan fingerprint density at radius 1 is 0.532 bits per heavy atom. The predicted octanol–water partition coefficient (Wildman–Crippen LogP) is 4.98. The molecule has 4 atom stereocenters. The maximum atomic E-state index is 14.2. The van der Waals surface area contributed by atoms with E-state index < -0.39 is 54.5 Å². The molecule has 0 aliphatic heterocycles. The second-order valence-electron chi connectivity index (χ2n) is 15.5. The number of carbonyl (C=O) groups excluding carboxylic acids is 4. The van der Waals surface area contributed by atoms with Crippen LogP contribution >= 0.6 is 0 Å². The van der Waals surface area contributed by atoms with Crippen LogP contribution in [0.15, 0.2) is 97.1 Å². The van der Waals surface area contributed by atoms with Gasteiger partial charge in [-0.25, -0.2) is 0 Å². The molecule has 14 heteroatoms. The highest BCUT2D eigenvalue weighted by Gasteiger charge is 2.31. The Hall–Kier alpha value is -6.12. The number of unbranched alkanes of at least 4 members (excludes halogenated alkanes) is 8. The molecule has 0 aliphatic carbocycles. The number of hydrogen-bond donors (Lipinski definition) is 9. The average molecular weight is 855 g/mol. The van der Waals surface area contributed by atoms with E-state index in [4.69, 9.17) is 4.74 Å². The van der Waals surface area contributed by atoms with Crippen molar-refractivity contribution < 1.29 is 49.4 Å². The zero-order chi connectivity index (χ0) is 44.7. The van der Waals surface area contributed by atoms with Crippen LogP contribution in [0.1, 0.15) is 91.8 Å². The first-order valence-electron chi connectivity index (χ1n) is 21.5. The summed E-state index contributed by atoms with van der Waals surface area (Å²) in [6.45, 7) is 1.88. The van der Waals surface area contributed by atoms with Gasteiger partial charge in [0, 0.05) is 31.4 Å². The second-order valence-corrected chi connectivity index (χ2v) is 15.5. The molecule has 62 heavy (non-hydrogen) atoms. The molecule has 4 aromatic rings. The summed E-state index contributed by atoms with van der Waals surface area (Å²) >= 11 is 0. The summed E-state index contributed by atoms with van der Waals surface area (Å²) in [5.74, 6) is -2.06. The molecule has 4 aromatic carbocycles. The van der Waals surface area contributed by atoms with Crippen LogP contribution < -0.4 is 26.0 Å². The number of phenols is 3. The van der Waals surface area contributed by atoms with Crippen LogP contribution in [0.2, 0.25) is 0 Å². The van der Waals surface area contributed by atoms with E-state index in [1.165, 1.54) is 81.3 Å². The quantitative estimate of drug-likeness (QED) is 0.0366. The van der Waals surface area contributed by atoms with Gasteiger partial charge in [-0.1, -0.05) is 94.7 Å². The second kappa shape index (κ2) is 26.3. The summed E-state index contributed by atoms with van der Waals surface area (Å²) in [7, 11) is 0. The predicted molar refractivity (Wildman–Crippen MR) is 236 cm³/mol. The van der Waals surface area contributed by atoms with Gasteiger partial charge in [-0.15, -0.1) is 0 Å². The van der Waals surface area contributed by atoms with Crippen LogP contribution in [0, 0.1) is 0 Å². The number of rotatable bonds is 27. The van der Waals surface area contributed by atoms with Crippen LogP contribution in [0.3, 0.4) is 0 Å². The van der Waals surface area contributed by atoms with Gasteiger partial charge in [0.2, 0.25) is 17.7 Å². The van der Waals surface area contributed by atoms with Gasteiger partial charge in [0.15, 0.2) is 0 Å². The molecule has 4 amide bonds. The van der Waals surface area contributed by atoms with E-state index >= 15 is 0 Å². The largest absolute Gasteiger partial charge is 0.508 e. The smallest absolute Gasteiger partial charge is 0.251 e. The molecule has 0 aliphatic rings. The fourth-order valence-electron chi connectivity index (χ4n) is 6.73. The third-order valence-electron chi connectivity index (χ3n) is 10.4. The number of aliphatic hydroxyl groups excluding tert-OH is 2. The molecule has 9 N–H and O–H groups in total. The molecule has 14 nitrogen and oxygen atoms in total. The van der Waals surface area contributed by atoms with E-state index in [-0.39, 0.29) is 48.6 Å². The van der Waals surface area contributed by atoms with Crippen molar-refractivity contribution in [3.8, 4) is 23.0 Å². The molecule has 0 bridgehead atoms. The average Bonchev–Trinajstić information content (AvgIpc) is 3.27. The van der Waals surface area contributed by atoms with Gasteiger partial charge in [-0.05, 0) is 83.8 Å². The summed E-state index contributed by atoms with van der Waals surface area (Å²) in [6, 6.07) is 21.1. The number of hydrogen-bond acceptors (Lipinski definition) is 10. The van der Waals surface area contributed by atoms with Gasteiger partial charge in [0.1, 0.15) is 41.1 Å². The standard InChI is InChI=1S/C48H62N4O10/c1-2-3-4-5-6-7-8-9-10-27-62-41-25-17-36(18-26-41)45(58)50-43(29-34-13-21-38(55)22-14-34)47(60)52-44(30-35-15-23-39(56)24-16-35)48(61)51-42(46(59)49-31-40(57)32-53)28-33-11-19-37(54)20-12-33/h11-26,40,42-44,53-57H,2-10,27-32H2,1H3,(H,49,59)(H,50,58)(H,51,61)(H,52,60)/t40?,42-,43-,44-/m0/s1. The van der Waals surface area contributed by atoms with E-state index in [9.17, 15) is 44.7 Å². The third-order valence-corrected chi connectivity index (χ3v) is 10.4. The van der Waals surface area contributed by atoms with Crippen molar-refractivity contribution in [2.75, 3.05) is 19.8 Å². The Morgan fingerprint density at radius 3 is 1.37 bits per heavy atom. The molecule has 0 saturated carbocycles. The molecule has 0 aromatic heterocycles. The number of nitrogens with one attached hydrogen (secondary N) is 4. The molecular formula is C48H62N4O10. The zero-order valence-corrected chi connectivity index (χ0v) is 35.4. The molecule has 0 heterocycles. The van der Waals surface area contributed by atoms with E-state index in [1.807, 2.05) is 0 Å². The van der Waals surface area contributed by atoms with E-state index in [1.54, 1.807) is 60.7 Å². The van der Waals surface area contributed by atoms with E-state index in [0.29, 0.717) is 29.0 Å². The first-order valence-corrected chi connectivity index (χ1v) is 21.5. The number of amides is 4. The van der Waals surface area contributed by atoms with E-state index in [2.05, 4.69) is 28.2 Å². The highest BCUT2D eigenvalue weighted by Crippen LogP contribution is 2.18. The van der Waals surface area contributed by atoms with Crippen LogP contribution in [0.4, 0.5) is 0 Å². The lowest BCUT2D eigenvalue weighted by molar-refractivity contribution is -0.132. The van der Waals surface area contributed by atoms with Crippen LogP contribution in [0.25, 0.3) is 0 Å². The van der Waals surface area contributed by atoms with Crippen molar-refractivity contribution in [1.29, 1.82) is 0 Å². The van der Waals surface area contributed by atoms with E-state index in [0.717, 1.165) is 12.8 Å². The number of carbonyl (C=O) groups is 4. The number of aliphatic hydroxyl groups is 2. The first kappa shape index (κ1) is 48.5. The number of phenolic OH excluding ortho intramolecular Hbond substituents is 3.